The Balaban J connectivity index is 1.99. The summed E-state index contributed by atoms with van der Waals surface area (Å²) in [6.45, 7) is 6.05. The molecule has 1 aliphatic rings. The topological polar surface area (TPSA) is 21.3 Å². The Bertz CT molecular complexity index is 378. The summed E-state index contributed by atoms with van der Waals surface area (Å²) in [7, 11) is 0. The van der Waals surface area contributed by atoms with Gasteiger partial charge in [-0.3, -0.25) is 0 Å². The molecule has 1 aromatic carbocycles. The van der Waals surface area contributed by atoms with Crippen LogP contribution in [0.3, 0.4) is 0 Å². The van der Waals surface area contributed by atoms with Gasteiger partial charge in [0.1, 0.15) is 5.75 Å². The molecular weight excluding hydrogens is 222 g/mol. The molecule has 1 N–H and O–H groups in total. The van der Waals surface area contributed by atoms with Crippen LogP contribution in [-0.2, 0) is 0 Å². The lowest BCUT2D eigenvalue weighted by molar-refractivity contribution is 0.265. The highest BCUT2D eigenvalue weighted by Gasteiger charge is 2.20. The predicted octanol–water partition coefficient (Wildman–Crippen LogP) is 2.89. The quantitative estimate of drug-likeness (QED) is 0.870. The number of hydrogen-bond donors (Lipinski definition) is 1. The SMILES string of the molecule is C=C(Cl)CNCC1CCOc2ccccc21. The van der Waals surface area contributed by atoms with Crippen molar-refractivity contribution in [1.82, 2.24) is 5.32 Å². The van der Waals surface area contributed by atoms with Crippen molar-refractivity contribution < 1.29 is 4.74 Å². The molecule has 0 aliphatic carbocycles. The zero-order chi connectivity index (χ0) is 11.4. The van der Waals surface area contributed by atoms with Gasteiger partial charge >= 0.3 is 0 Å². The molecule has 3 heteroatoms. The predicted molar refractivity (Wildman–Crippen MR) is 67.2 cm³/mol. The number of para-hydroxylation sites is 1. The average Bonchev–Trinajstić information content (AvgIpc) is 2.29. The second-order valence-corrected chi connectivity index (χ2v) is 4.55. The summed E-state index contributed by atoms with van der Waals surface area (Å²) in [4.78, 5) is 0. The molecule has 0 amide bonds. The minimum absolute atomic E-state index is 0.515. The molecule has 0 saturated carbocycles. The van der Waals surface area contributed by atoms with E-state index >= 15 is 0 Å². The molecule has 1 aromatic rings. The van der Waals surface area contributed by atoms with Crippen LogP contribution in [0.1, 0.15) is 17.9 Å². The van der Waals surface area contributed by atoms with E-state index in [0.29, 0.717) is 17.5 Å². The van der Waals surface area contributed by atoms with Crippen LogP contribution in [0.25, 0.3) is 0 Å². The smallest absolute Gasteiger partial charge is 0.122 e. The van der Waals surface area contributed by atoms with Crippen LogP contribution in [-0.4, -0.2) is 19.7 Å². The highest BCUT2D eigenvalue weighted by atomic mass is 35.5. The van der Waals surface area contributed by atoms with Gasteiger partial charge in [0.25, 0.3) is 0 Å². The van der Waals surface area contributed by atoms with E-state index in [2.05, 4.69) is 24.0 Å². The molecule has 0 spiro atoms. The van der Waals surface area contributed by atoms with Crippen molar-refractivity contribution in [3.05, 3.63) is 41.4 Å². The maximum absolute atomic E-state index is 5.71. The number of rotatable bonds is 4. The Morgan fingerprint density at radius 2 is 2.31 bits per heavy atom. The molecule has 16 heavy (non-hydrogen) atoms. The summed E-state index contributed by atoms with van der Waals surface area (Å²) in [5.41, 5.74) is 1.29. The fraction of sp³-hybridized carbons (Fsp3) is 0.385. The summed E-state index contributed by atoms with van der Waals surface area (Å²) in [6, 6.07) is 8.23. The van der Waals surface area contributed by atoms with Gasteiger partial charge < -0.3 is 10.1 Å². The van der Waals surface area contributed by atoms with Gasteiger partial charge in [0.2, 0.25) is 0 Å². The Kier molecular flexibility index (Phi) is 3.86. The molecule has 0 aromatic heterocycles. The molecule has 86 valence electrons. The molecule has 1 aliphatic heterocycles. The number of hydrogen-bond acceptors (Lipinski definition) is 2. The normalized spacial score (nSPS) is 18.7. The van der Waals surface area contributed by atoms with Crippen molar-refractivity contribution in [2.45, 2.75) is 12.3 Å². The molecule has 2 nitrogen and oxygen atoms in total. The van der Waals surface area contributed by atoms with Crippen LogP contribution >= 0.6 is 11.6 Å². The number of fused-ring (bicyclic) bond motifs is 1. The lowest BCUT2D eigenvalue weighted by atomic mass is 9.93. The minimum atomic E-state index is 0.515. The third-order valence-corrected chi connectivity index (χ3v) is 2.92. The summed E-state index contributed by atoms with van der Waals surface area (Å²) >= 11 is 5.71. The first-order chi connectivity index (χ1) is 7.77. The van der Waals surface area contributed by atoms with Crippen LogP contribution in [0.15, 0.2) is 35.9 Å². The Labute approximate surface area is 101 Å². The highest BCUT2D eigenvalue weighted by molar-refractivity contribution is 6.29. The Hall–Kier alpha value is -0.990. The minimum Gasteiger partial charge on any atom is -0.493 e. The molecular formula is C13H16ClNO. The molecule has 0 saturated heterocycles. The van der Waals surface area contributed by atoms with Gasteiger partial charge in [-0.1, -0.05) is 36.4 Å². The van der Waals surface area contributed by atoms with E-state index < -0.39 is 0 Å². The molecule has 1 atom stereocenters. The number of nitrogens with one attached hydrogen (secondary N) is 1. The average molecular weight is 238 g/mol. The van der Waals surface area contributed by atoms with E-state index in [0.717, 1.165) is 25.3 Å². The van der Waals surface area contributed by atoms with Crippen molar-refractivity contribution in [2.24, 2.45) is 0 Å². The largest absolute Gasteiger partial charge is 0.493 e. The van der Waals surface area contributed by atoms with Gasteiger partial charge in [0.15, 0.2) is 0 Å². The van der Waals surface area contributed by atoms with Gasteiger partial charge in [0.05, 0.1) is 6.61 Å². The molecule has 0 bridgehead atoms. The third-order valence-electron chi connectivity index (χ3n) is 2.79. The van der Waals surface area contributed by atoms with E-state index in [9.17, 15) is 0 Å². The fourth-order valence-electron chi connectivity index (χ4n) is 2.01. The molecule has 1 unspecified atom stereocenters. The summed E-state index contributed by atoms with van der Waals surface area (Å²) in [6.07, 6.45) is 1.05. The first kappa shape index (κ1) is 11.5. The standard InChI is InChI=1S/C13H16ClNO/c1-10(14)8-15-9-11-6-7-16-13-5-3-2-4-12(11)13/h2-5,11,15H,1,6-9H2. The summed E-state index contributed by atoms with van der Waals surface area (Å²) in [5, 5.41) is 3.96. The van der Waals surface area contributed by atoms with Crippen LogP contribution in [0.4, 0.5) is 0 Å². The second kappa shape index (κ2) is 5.37. The van der Waals surface area contributed by atoms with Crippen molar-refractivity contribution >= 4 is 11.6 Å². The number of benzene rings is 1. The first-order valence-electron chi connectivity index (χ1n) is 5.53. The Morgan fingerprint density at radius 1 is 1.50 bits per heavy atom. The van der Waals surface area contributed by atoms with Crippen LogP contribution < -0.4 is 10.1 Å². The number of halogens is 1. The lowest BCUT2D eigenvalue weighted by Crippen LogP contribution is -2.26. The van der Waals surface area contributed by atoms with E-state index in [1.165, 1.54) is 5.56 Å². The molecule has 0 fully saturated rings. The number of ether oxygens (including phenoxy) is 1. The van der Waals surface area contributed by atoms with Crippen molar-refractivity contribution in [3.63, 3.8) is 0 Å². The van der Waals surface area contributed by atoms with Crippen LogP contribution in [0.5, 0.6) is 5.75 Å². The summed E-state index contributed by atoms with van der Waals surface area (Å²) < 4.78 is 5.61. The van der Waals surface area contributed by atoms with E-state index in [1.807, 2.05) is 12.1 Å². The highest BCUT2D eigenvalue weighted by Crippen LogP contribution is 2.32. The van der Waals surface area contributed by atoms with Crippen LogP contribution in [0.2, 0.25) is 0 Å². The monoisotopic (exact) mass is 237 g/mol. The molecule has 0 radical (unpaired) electrons. The molecule has 1 heterocycles. The van der Waals surface area contributed by atoms with E-state index in [1.54, 1.807) is 0 Å². The first-order valence-corrected chi connectivity index (χ1v) is 5.91. The zero-order valence-electron chi connectivity index (χ0n) is 9.21. The Morgan fingerprint density at radius 3 is 3.12 bits per heavy atom. The maximum Gasteiger partial charge on any atom is 0.122 e. The van der Waals surface area contributed by atoms with Crippen molar-refractivity contribution in [3.8, 4) is 5.75 Å². The summed E-state index contributed by atoms with van der Waals surface area (Å²) in [5.74, 6) is 1.53. The van der Waals surface area contributed by atoms with Crippen molar-refractivity contribution in [1.29, 1.82) is 0 Å². The lowest BCUT2D eigenvalue weighted by Gasteiger charge is -2.26. The van der Waals surface area contributed by atoms with Gasteiger partial charge in [-0.05, 0) is 18.1 Å². The van der Waals surface area contributed by atoms with Gasteiger partial charge in [-0.2, -0.15) is 0 Å². The van der Waals surface area contributed by atoms with Crippen molar-refractivity contribution in [2.75, 3.05) is 19.7 Å². The molecule has 2 rings (SSSR count). The fourth-order valence-corrected chi connectivity index (χ4v) is 2.10. The van der Waals surface area contributed by atoms with E-state index in [4.69, 9.17) is 16.3 Å². The van der Waals surface area contributed by atoms with Gasteiger partial charge in [-0.25, -0.2) is 0 Å². The third kappa shape index (κ3) is 2.77. The van der Waals surface area contributed by atoms with E-state index in [-0.39, 0.29) is 0 Å². The second-order valence-electron chi connectivity index (χ2n) is 4.02. The van der Waals surface area contributed by atoms with Crippen LogP contribution in [0, 0.1) is 0 Å². The maximum atomic E-state index is 5.71. The van der Waals surface area contributed by atoms with Gasteiger partial charge in [0, 0.05) is 24.0 Å². The zero-order valence-corrected chi connectivity index (χ0v) is 9.96. The van der Waals surface area contributed by atoms with Gasteiger partial charge in [-0.15, -0.1) is 0 Å².